The van der Waals surface area contributed by atoms with E-state index in [0.717, 1.165) is 28.2 Å². The second kappa shape index (κ2) is 11.0. The van der Waals surface area contributed by atoms with Gasteiger partial charge in [-0.25, -0.2) is 27.9 Å². The summed E-state index contributed by atoms with van der Waals surface area (Å²) in [6.07, 6.45) is 0. The molecule has 3 aromatic heterocycles. The third-order valence-corrected chi connectivity index (χ3v) is 7.98. The number of likely N-dealkylation sites (N-methyl/N-ethyl adjacent to an activating group) is 1. The minimum Gasteiger partial charge on any atom is -0.493 e. The first-order valence-electron chi connectivity index (χ1n) is 12.2. The number of thiophene rings is 1. The lowest BCUT2D eigenvalue weighted by Crippen LogP contribution is -2.38. The first-order valence-corrected chi connectivity index (χ1v) is 14.0. The largest absolute Gasteiger partial charge is 0.493 e. The number of quaternary nitrogens is 1. The van der Waals surface area contributed by atoms with Gasteiger partial charge >= 0.3 is 11.7 Å². The number of halogens is 2. The van der Waals surface area contributed by atoms with E-state index >= 15 is 4.39 Å². The summed E-state index contributed by atoms with van der Waals surface area (Å²) >= 11 is 2.27. The topological polar surface area (TPSA) is 113 Å². The summed E-state index contributed by atoms with van der Waals surface area (Å²) in [5.74, 6) is -2.32. The van der Waals surface area contributed by atoms with Gasteiger partial charge in [-0.2, -0.15) is 0 Å². The van der Waals surface area contributed by atoms with Crippen LogP contribution in [0.1, 0.15) is 15.2 Å². The molecule has 14 heteroatoms. The van der Waals surface area contributed by atoms with Crippen LogP contribution in [0.3, 0.4) is 0 Å². The molecule has 0 saturated carbocycles. The fourth-order valence-corrected chi connectivity index (χ4v) is 5.69. The molecule has 2 aromatic carbocycles. The highest BCUT2D eigenvalue weighted by Crippen LogP contribution is 2.33. The number of hydrogen-bond donors (Lipinski definition) is 1. The number of aromatic nitrogens is 3. The number of methoxy groups -OCH3 is 1. The van der Waals surface area contributed by atoms with Gasteiger partial charge in [0.05, 0.1) is 66.1 Å². The summed E-state index contributed by atoms with van der Waals surface area (Å²) in [7, 11) is 7.11. The summed E-state index contributed by atoms with van der Waals surface area (Å²) in [6.45, 7) is 0.367. The van der Waals surface area contributed by atoms with E-state index in [-0.39, 0.29) is 46.1 Å². The zero-order chi connectivity index (χ0) is 29.5. The van der Waals surface area contributed by atoms with Crippen molar-refractivity contribution in [2.75, 3.05) is 41.4 Å². The van der Waals surface area contributed by atoms with Crippen LogP contribution in [0.2, 0.25) is 0 Å². The molecular weight excluding hydrogens is 578 g/mol. The molecule has 0 bridgehead atoms. The number of esters is 1. The number of H-pyrrole nitrogens is 1. The molecule has 41 heavy (non-hydrogen) atoms. The summed E-state index contributed by atoms with van der Waals surface area (Å²) in [6, 6.07) is 4.97. The normalized spacial score (nSPS) is 11.8. The Morgan fingerprint density at radius 1 is 1.10 bits per heavy atom. The molecule has 5 rings (SSSR count). The van der Waals surface area contributed by atoms with Crippen molar-refractivity contribution in [1.82, 2.24) is 14.5 Å². The van der Waals surface area contributed by atoms with Gasteiger partial charge in [-0.15, -0.1) is 22.7 Å². The molecular formula is C27H25F2N4O6S2+. The number of fused-ring (bicyclic) bond motifs is 2. The lowest BCUT2D eigenvalue weighted by Gasteiger charge is -2.23. The maximum Gasteiger partial charge on any atom is 0.349 e. The Morgan fingerprint density at radius 2 is 1.88 bits per heavy atom. The second-order valence-electron chi connectivity index (χ2n) is 10.0. The molecule has 0 saturated heterocycles. The third-order valence-electron chi connectivity index (χ3n) is 6.23. The highest BCUT2D eigenvalue weighted by Gasteiger charge is 2.24. The minimum absolute atomic E-state index is 0.0198. The quantitative estimate of drug-likeness (QED) is 0.200. The van der Waals surface area contributed by atoms with Crippen molar-refractivity contribution in [2.24, 2.45) is 0 Å². The molecule has 3 heterocycles. The van der Waals surface area contributed by atoms with Crippen molar-refractivity contribution in [1.29, 1.82) is 0 Å². The van der Waals surface area contributed by atoms with E-state index in [9.17, 15) is 18.8 Å². The number of nitrogens with one attached hydrogen (secondary N) is 1. The van der Waals surface area contributed by atoms with Crippen LogP contribution < -0.4 is 20.7 Å². The van der Waals surface area contributed by atoms with Gasteiger partial charge in [-0.3, -0.25) is 4.79 Å². The van der Waals surface area contributed by atoms with Crippen LogP contribution in [0.15, 0.2) is 44.7 Å². The van der Waals surface area contributed by atoms with Gasteiger partial charge in [0.1, 0.15) is 30.5 Å². The Balaban J connectivity index is 1.54. The van der Waals surface area contributed by atoms with E-state index in [1.165, 1.54) is 29.9 Å². The summed E-state index contributed by atoms with van der Waals surface area (Å²) < 4.78 is 48.2. The molecule has 0 fully saturated rings. The molecule has 1 N–H and O–H groups in total. The molecule has 0 radical (unpaired) electrons. The number of thiazole rings is 1. The number of aromatic amines is 1. The van der Waals surface area contributed by atoms with E-state index in [1.807, 2.05) is 21.1 Å². The average molecular weight is 604 g/mol. The zero-order valence-corrected chi connectivity index (χ0v) is 24.1. The van der Waals surface area contributed by atoms with Crippen LogP contribution in [0.25, 0.3) is 26.8 Å². The maximum absolute atomic E-state index is 15.3. The number of ether oxygens (including phenoxy) is 3. The van der Waals surface area contributed by atoms with Gasteiger partial charge in [0, 0.05) is 17.5 Å². The average Bonchev–Trinajstić information content (AvgIpc) is 3.56. The summed E-state index contributed by atoms with van der Waals surface area (Å²) in [5.41, 5.74) is 0.00827. The van der Waals surface area contributed by atoms with Crippen LogP contribution in [0.4, 0.5) is 8.78 Å². The third kappa shape index (κ3) is 5.58. The fourth-order valence-electron chi connectivity index (χ4n) is 4.10. The molecule has 0 aliphatic heterocycles. The number of nitrogens with zero attached hydrogens (tertiary/aromatic N) is 3. The molecule has 0 unspecified atom stereocenters. The maximum atomic E-state index is 15.3. The van der Waals surface area contributed by atoms with Crippen LogP contribution in [-0.4, -0.2) is 66.4 Å². The Kier molecular flexibility index (Phi) is 7.64. The van der Waals surface area contributed by atoms with Crippen LogP contribution in [0, 0.1) is 11.6 Å². The standard InChI is InChI=1S/C27H24F2N4O6S2/c1-33(2,3)7-8-38-26(35)24-22-17(12-40-24)31-27(36)32(25(22)34)18-10-20(19(37-4)9-16(18)29)39-11-14-15(28)5-6-21-23(14)30-13-41-21/h5-6,9-10,12-13H,7-8,11H2,1-4H3/p+1. The van der Waals surface area contributed by atoms with Crippen LogP contribution in [-0.2, 0) is 11.3 Å². The predicted octanol–water partition coefficient (Wildman–Crippen LogP) is 4.08. The SMILES string of the molecule is COc1cc(F)c(-n2c(=O)[nH]c3csc(C(=O)OCC[N+](C)(C)C)c3c2=O)cc1OCc1c(F)ccc2scnc12. The molecule has 0 aliphatic rings. The van der Waals surface area contributed by atoms with E-state index in [1.54, 1.807) is 11.6 Å². The first kappa shape index (κ1) is 28.4. The minimum atomic E-state index is -0.962. The monoisotopic (exact) mass is 603 g/mol. The van der Waals surface area contributed by atoms with E-state index in [4.69, 9.17) is 14.2 Å². The van der Waals surface area contributed by atoms with Gasteiger partial charge in [0.15, 0.2) is 17.3 Å². The van der Waals surface area contributed by atoms with Gasteiger partial charge in [0.2, 0.25) is 0 Å². The molecule has 0 atom stereocenters. The van der Waals surface area contributed by atoms with Gasteiger partial charge in [-0.1, -0.05) is 0 Å². The molecule has 0 aliphatic carbocycles. The highest BCUT2D eigenvalue weighted by atomic mass is 32.1. The van der Waals surface area contributed by atoms with Crippen molar-refractivity contribution < 1.29 is 32.3 Å². The molecule has 5 aromatic rings. The van der Waals surface area contributed by atoms with Crippen LogP contribution in [0.5, 0.6) is 11.5 Å². The van der Waals surface area contributed by atoms with E-state index in [2.05, 4.69) is 9.97 Å². The number of benzene rings is 2. The smallest absolute Gasteiger partial charge is 0.349 e. The zero-order valence-electron chi connectivity index (χ0n) is 22.4. The Labute approximate surface area is 239 Å². The van der Waals surface area contributed by atoms with E-state index in [0.29, 0.717) is 21.1 Å². The Morgan fingerprint density at radius 3 is 2.61 bits per heavy atom. The number of hydrogen-bond acceptors (Lipinski definition) is 9. The summed E-state index contributed by atoms with van der Waals surface area (Å²) in [5, 5.41) is 1.34. The molecule has 0 spiro atoms. The fraction of sp³-hybridized carbons (Fsp3) is 0.259. The van der Waals surface area contributed by atoms with Crippen molar-refractivity contribution in [3.05, 3.63) is 78.1 Å². The van der Waals surface area contributed by atoms with Crippen molar-refractivity contribution in [3.63, 3.8) is 0 Å². The van der Waals surface area contributed by atoms with Gasteiger partial charge < -0.3 is 23.7 Å². The van der Waals surface area contributed by atoms with Crippen molar-refractivity contribution in [2.45, 2.75) is 6.61 Å². The lowest BCUT2D eigenvalue weighted by atomic mass is 10.2. The Bertz CT molecular complexity index is 1900. The van der Waals surface area contributed by atoms with Gasteiger partial charge in [-0.05, 0) is 12.1 Å². The molecule has 214 valence electrons. The highest BCUT2D eigenvalue weighted by molar-refractivity contribution is 7.16. The number of rotatable bonds is 9. The molecule has 10 nitrogen and oxygen atoms in total. The van der Waals surface area contributed by atoms with Crippen LogP contribution >= 0.6 is 22.7 Å². The van der Waals surface area contributed by atoms with E-state index < -0.39 is 34.5 Å². The number of carbonyl (C=O) groups excluding carboxylic acids is 1. The van der Waals surface area contributed by atoms with Crippen molar-refractivity contribution >= 4 is 49.8 Å². The lowest BCUT2D eigenvalue weighted by molar-refractivity contribution is -0.870. The van der Waals surface area contributed by atoms with Crippen molar-refractivity contribution in [3.8, 4) is 17.2 Å². The van der Waals surface area contributed by atoms with Gasteiger partial charge in [0.25, 0.3) is 5.56 Å². The number of carbonyl (C=O) groups is 1. The summed E-state index contributed by atoms with van der Waals surface area (Å²) in [4.78, 5) is 46.1. The second-order valence-corrected chi connectivity index (χ2v) is 11.8. The molecule has 0 amide bonds. The first-order chi connectivity index (χ1) is 19.5. The predicted molar refractivity (Wildman–Crippen MR) is 152 cm³/mol. The Hall–Kier alpha value is -4.14.